The topological polar surface area (TPSA) is 56.5 Å². The van der Waals surface area contributed by atoms with Crippen LogP contribution >= 0.6 is 0 Å². The SMILES string of the molecule is COc1c(C(F)(F)F)nc2ccncn2c1=O. The Morgan fingerprint density at radius 3 is 2.71 bits per heavy atom. The van der Waals surface area contributed by atoms with E-state index in [9.17, 15) is 18.0 Å². The molecule has 0 aliphatic heterocycles. The third kappa shape index (κ3) is 1.81. The van der Waals surface area contributed by atoms with Gasteiger partial charge in [0.2, 0.25) is 5.75 Å². The van der Waals surface area contributed by atoms with Gasteiger partial charge in [-0.15, -0.1) is 0 Å². The van der Waals surface area contributed by atoms with Crippen molar-refractivity contribution in [1.82, 2.24) is 14.4 Å². The van der Waals surface area contributed by atoms with Gasteiger partial charge in [-0.25, -0.2) is 14.4 Å². The van der Waals surface area contributed by atoms with Crippen LogP contribution in [0.3, 0.4) is 0 Å². The van der Waals surface area contributed by atoms with Crippen LogP contribution in [0.25, 0.3) is 5.65 Å². The van der Waals surface area contributed by atoms with Crippen LogP contribution in [0.2, 0.25) is 0 Å². The fraction of sp³-hybridized carbons (Fsp3) is 0.222. The number of fused-ring (bicyclic) bond motifs is 1. The molecular formula is C9H6F3N3O2. The molecule has 0 saturated carbocycles. The zero-order valence-electron chi connectivity index (χ0n) is 8.52. The summed E-state index contributed by atoms with van der Waals surface area (Å²) in [5, 5.41) is 0. The molecule has 0 amide bonds. The van der Waals surface area contributed by atoms with Crippen molar-refractivity contribution >= 4 is 5.65 Å². The average Bonchev–Trinajstić information content (AvgIpc) is 2.28. The van der Waals surface area contributed by atoms with E-state index in [-0.39, 0.29) is 5.65 Å². The Kier molecular flexibility index (Phi) is 2.49. The largest absolute Gasteiger partial charge is 0.490 e. The lowest BCUT2D eigenvalue weighted by molar-refractivity contribution is -0.142. The van der Waals surface area contributed by atoms with E-state index in [1.807, 2.05) is 0 Å². The van der Waals surface area contributed by atoms with Crippen LogP contribution in [-0.2, 0) is 6.18 Å². The fourth-order valence-corrected chi connectivity index (χ4v) is 1.35. The highest BCUT2D eigenvalue weighted by atomic mass is 19.4. The Labute approximate surface area is 92.5 Å². The summed E-state index contributed by atoms with van der Waals surface area (Å²) in [5.41, 5.74) is -2.42. The lowest BCUT2D eigenvalue weighted by Crippen LogP contribution is -2.23. The van der Waals surface area contributed by atoms with E-state index in [2.05, 4.69) is 14.7 Å². The van der Waals surface area contributed by atoms with E-state index >= 15 is 0 Å². The average molecular weight is 245 g/mol. The first-order valence-corrected chi connectivity index (χ1v) is 4.42. The number of hydrogen-bond acceptors (Lipinski definition) is 4. The van der Waals surface area contributed by atoms with E-state index in [1.165, 1.54) is 12.3 Å². The standard InChI is InChI=1S/C9H6F3N3O2/c1-17-6-7(9(10,11)12)14-5-2-3-13-4-15(5)8(6)16/h2-4H,1H3. The molecule has 5 nitrogen and oxygen atoms in total. The van der Waals surface area contributed by atoms with Gasteiger partial charge >= 0.3 is 11.7 Å². The fourth-order valence-electron chi connectivity index (χ4n) is 1.35. The third-order valence-corrected chi connectivity index (χ3v) is 2.07. The van der Waals surface area contributed by atoms with Crippen LogP contribution in [-0.4, -0.2) is 21.5 Å². The molecular weight excluding hydrogens is 239 g/mol. The molecule has 0 aliphatic carbocycles. The maximum atomic E-state index is 12.6. The summed E-state index contributed by atoms with van der Waals surface area (Å²) in [5.74, 6) is -0.844. The first kappa shape index (κ1) is 11.4. The highest BCUT2D eigenvalue weighted by Gasteiger charge is 2.38. The molecule has 0 fully saturated rings. The predicted molar refractivity (Wildman–Crippen MR) is 50.8 cm³/mol. The third-order valence-electron chi connectivity index (χ3n) is 2.07. The monoisotopic (exact) mass is 245 g/mol. The Hall–Kier alpha value is -2.12. The number of methoxy groups -OCH3 is 1. The molecule has 2 aromatic heterocycles. The number of nitrogens with zero attached hydrogens (tertiary/aromatic N) is 3. The van der Waals surface area contributed by atoms with Gasteiger partial charge in [0.05, 0.1) is 7.11 Å². The van der Waals surface area contributed by atoms with E-state index < -0.39 is 23.2 Å². The molecule has 0 saturated heterocycles. The second-order valence-corrected chi connectivity index (χ2v) is 3.11. The molecule has 2 aromatic rings. The number of alkyl halides is 3. The molecule has 0 unspecified atom stereocenters. The highest BCUT2D eigenvalue weighted by molar-refractivity contribution is 5.42. The summed E-state index contributed by atoms with van der Waals surface area (Å²) >= 11 is 0. The maximum Gasteiger partial charge on any atom is 0.437 e. The molecule has 0 bridgehead atoms. The normalized spacial score (nSPS) is 11.8. The summed E-state index contributed by atoms with van der Waals surface area (Å²) in [6.45, 7) is 0. The molecule has 0 aliphatic rings. The summed E-state index contributed by atoms with van der Waals surface area (Å²) in [6, 6.07) is 1.20. The van der Waals surface area contributed by atoms with Crippen LogP contribution in [0.4, 0.5) is 13.2 Å². The first-order chi connectivity index (χ1) is 7.95. The van der Waals surface area contributed by atoms with Crippen LogP contribution in [0.15, 0.2) is 23.4 Å². The quantitative estimate of drug-likeness (QED) is 0.755. The molecule has 0 atom stereocenters. The van der Waals surface area contributed by atoms with Crippen LogP contribution in [0.5, 0.6) is 5.75 Å². The van der Waals surface area contributed by atoms with Gasteiger partial charge in [-0.1, -0.05) is 0 Å². The van der Waals surface area contributed by atoms with Gasteiger partial charge in [0.1, 0.15) is 12.0 Å². The second kappa shape index (κ2) is 3.72. The molecule has 0 N–H and O–H groups in total. The minimum Gasteiger partial charge on any atom is -0.490 e. The maximum absolute atomic E-state index is 12.6. The Balaban J connectivity index is 2.90. The molecule has 2 heterocycles. The lowest BCUT2D eigenvalue weighted by Gasteiger charge is -2.11. The summed E-state index contributed by atoms with van der Waals surface area (Å²) < 4.78 is 43.3. The molecule has 0 aromatic carbocycles. The van der Waals surface area contributed by atoms with Crippen molar-refractivity contribution in [3.8, 4) is 5.75 Å². The van der Waals surface area contributed by atoms with E-state index in [0.717, 1.165) is 17.8 Å². The summed E-state index contributed by atoms with van der Waals surface area (Å²) in [4.78, 5) is 18.7. The zero-order chi connectivity index (χ0) is 12.6. The van der Waals surface area contributed by atoms with Crippen LogP contribution in [0, 0.1) is 0 Å². The predicted octanol–water partition coefficient (Wildman–Crippen LogP) is 1.12. The Morgan fingerprint density at radius 2 is 2.12 bits per heavy atom. The summed E-state index contributed by atoms with van der Waals surface area (Å²) in [7, 11) is 0.983. The Morgan fingerprint density at radius 1 is 1.41 bits per heavy atom. The zero-order valence-corrected chi connectivity index (χ0v) is 8.52. The molecule has 90 valence electrons. The summed E-state index contributed by atoms with van der Waals surface area (Å²) in [6.07, 6.45) is -2.43. The first-order valence-electron chi connectivity index (χ1n) is 4.42. The minimum absolute atomic E-state index is 0.141. The van der Waals surface area contributed by atoms with Gasteiger partial charge in [-0.05, 0) is 6.07 Å². The van der Waals surface area contributed by atoms with E-state index in [1.54, 1.807) is 0 Å². The van der Waals surface area contributed by atoms with Gasteiger partial charge < -0.3 is 4.74 Å². The van der Waals surface area contributed by atoms with E-state index in [0.29, 0.717) is 0 Å². The molecule has 0 radical (unpaired) electrons. The Bertz CT molecular complexity index is 621. The van der Waals surface area contributed by atoms with Crippen molar-refractivity contribution in [2.75, 3.05) is 7.11 Å². The van der Waals surface area contributed by atoms with Crippen LogP contribution < -0.4 is 10.3 Å². The van der Waals surface area contributed by atoms with Gasteiger partial charge in [0.25, 0.3) is 0 Å². The van der Waals surface area contributed by atoms with Crippen molar-refractivity contribution in [3.05, 3.63) is 34.6 Å². The second-order valence-electron chi connectivity index (χ2n) is 3.11. The number of aromatic nitrogens is 3. The number of halogens is 3. The highest BCUT2D eigenvalue weighted by Crippen LogP contribution is 2.32. The van der Waals surface area contributed by atoms with Crippen LogP contribution in [0.1, 0.15) is 5.69 Å². The van der Waals surface area contributed by atoms with Crippen molar-refractivity contribution in [2.45, 2.75) is 6.18 Å². The minimum atomic E-state index is -4.75. The van der Waals surface area contributed by atoms with Crippen molar-refractivity contribution in [2.24, 2.45) is 0 Å². The molecule has 0 spiro atoms. The van der Waals surface area contributed by atoms with Crippen molar-refractivity contribution < 1.29 is 17.9 Å². The number of hydrogen-bond donors (Lipinski definition) is 0. The van der Waals surface area contributed by atoms with Gasteiger partial charge in [0, 0.05) is 6.20 Å². The molecule has 17 heavy (non-hydrogen) atoms. The molecule has 8 heteroatoms. The van der Waals surface area contributed by atoms with Crippen molar-refractivity contribution in [1.29, 1.82) is 0 Å². The number of rotatable bonds is 1. The lowest BCUT2D eigenvalue weighted by atomic mass is 10.3. The van der Waals surface area contributed by atoms with Gasteiger partial charge in [-0.2, -0.15) is 13.2 Å². The van der Waals surface area contributed by atoms with E-state index in [4.69, 9.17) is 0 Å². The van der Waals surface area contributed by atoms with Gasteiger partial charge in [-0.3, -0.25) is 4.79 Å². The van der Waals surface area contributed by atoms with Gasteiger partial charge in [0.15, 0.2) is 5.69 Å². The number of ether oxygens (including phenoxy) is 1. The smallest absolute Gasteiger partial charge is 0.437 e. The van der Waals surface area contributed by atoms with Crippen molar-refractivity contribution in [3.63, 3.8) is 0 Å². The molecule has 2 rings (SSSR count).